The van der Waals surface area contributed by atoms with E-state index < -0.39 is 0 Å². The average molecular weight is 382 g/mol. The molecular weight excluding hydrogens is 358 g/mol. The average Bonchev–Trinajstić information content (AvgIpc) is 2.72. The number of hydrogen-bond acceptors (Lipinski definition) is 3. The Morgan fingerprint density at radius 2 is 1.56 bits per heavy atom. The minimum absolute atomic E-state index is 0.524. The van der Waals surface area contributed by atoms with Crippen molar-refractivity contribution >= 4 is 11.6 Å². The number of hydrogen-bond donors (Lipinski definition) is 1. The Kier molecular flexibility index (Phi) is 7.14. The van der Waals surface area contributed by atoms with Gasteiger partial charge in [-0.3, -0.25) is 0 Å². The summed E-state index contributed by atoms with van der Waals surface area (Å²) in [5, 5.41) is 4.24. The number of nitrogens with one attached hydrogen (secondary N) is 1. The fourth-order valence-corrected chi connectivity index (χ4v) is 2.92. The highest BCUT2D eigenvalue weighted by Crippen LogP contribution is 2.28. The Bertz CT molecular complexity index is 835. The summed E-state index contributed by atoms with van der Waals surface area (Å²) in [6, 6.07) is 24.1. The third-order valence-electron chi connectivity index (χ3n) is 4.30. The van der Waals surface area contributed by atoms with Crippen LogP contribution in [0.5, 0.6) is 11.5 Å². The van der Waals surface area contributed by atoms with E-state index in [1.165, 1.54) is 5.56 Å². The van der Waals surface area contributed by atoms with E-state index in [-0.39, 0.29) is 0 Å². The minimum Gasteiger partial charge on any atom is -0.493 e. The normalized spacial score (nSPS) is 10.6. The predicted octanol–water partition coefficient (Wildman–Crippen LogP) is 5.26. The van der Waals surface area contributed by atoms with Crippen LogP contribution in [0.2, 0.25) is 5.02 Å². The highest BCUT2D eigenvalue weighted by atomic mass is 35.5. The minimum atomic E-state index is 0.524. The fraction of sp³-hybridized carbons (Fsp3) is 0.217. The van der Waals surface area contributed by atoms with E-state index in [2.05, 4.69) is 23.5 Å². The summed E-state index contributed by atoms with van der Waals surface area (Å²) in [5.74, 6) is 1.51. The monoisotopic (exact) mass is 381 g/mol. The molecule has 0 atom stereocenters. The number of halogens is 1. The van der Waals surface area contributed by atoms with Gasteiger partial charge in [0.15, 0.2) is 11.5 Å². The Balaban J connectivity index is 1.50. The molecule has 3 aromatic rings. The van der Waals surface area contributed by atoms with Gasteiger partial charge in [0.1, 0.15) is 6.61 Å². The van der Waals surface area contributed by atoms with E-state index in [1.807, 2.05) is 54.6 Å². The zero-order valence-corrected chi connectivity index (χ0v) is 16.2. The number of ether oxygens (including phenoxy) is 2. The van der Waals surface area contributed by atoms with Gasteiger partial charge < -0.3 is 14.8 Å². The molecular formula is C23H24ClNO2. The van der Waals surface area contributed by atoms with Crippen molar-refractivity contribution in [1.29, 1.82) is 0 Å². The molecule has 140 valence electrons. The first-order valence-electron chi connectivity index (χ1n) is 9.03. The van der Waals surface area contributed by atoms with Gasteiger partial charge in [-0.05, 0) is 53.9 Å². The van der Waals surface area contributed by atoms with Gasteiger partial charge in [0.05, 0.1) is 7.11 Å². The van der Waals surface area contributed by atoms with Crippen LogP contribution in [0.15, 0.2) is 72.8 Å². The highest BCUT2D eigenvalue weighted by molar-refractivity contribution is 6.30. The van der Waals surface area contributed by atoms with E-state index in [0.717, 1.165) is 47.2 Å². The summed E-state index contributed by atoms with van der Waals surface area (Å²) in [4.78, 5) is 0. The fourth-order valence-electron chi connectivity index (χ4n) is 2.79. The third-order valence-corrected chi connectivity index (χ3v) is 4.55. The molecule has 0 saturated heterocycles. The summed E-state index contributed by atoms with van der Waals surface area (Å²) < 4.78 is 11.4. The lowest BCUT2D eigenvalue weighted by atomic mass is 10.1. The van der Waals surface area contributed by atoms with Crippen LogP contribution in [0.4, 0.5) is 0 Å². The second-order valence-electron chi connectivity index (χ2n) is 6.31. The van der Waals surface area contributed by atoms with Gasteiger partial charge in [-0.2, -0.15) is 0 Å². The van der Waals surface area contributed by atoms with Crippen molar-refractivity contribution in [1.82, 2.24) is 5.32 Å². The second-order valence-corrected chi connectivity index (χ2v) is 6.75. The lowest BCUT2D eigenvalue weighted by Crippen LogP contribution is -2.16. The molecule has 0 aromatic heterocycles. The zero-order chi connectivity index (χ0) is 18.9. The molecule has 3 nitrogen and oxygen atoms in total. The molecule has 0 aliphatic heterocycles. The molecule has 0 spiro atoms. The first kappa shape index (κ1) is 19.3. The van der Waals surface area contributed by atoms with Crippen molar-refractivity contribution < 1.29 is 9.47 Å². The number of methoxy groups -OCH3 is 1. The van der Waals surface area contributed by atoms with Crippen molar-refractivity contribution in [2.24, 2.45) is 0 Å². The first-order chi connectivity index (χ1) is 13.2. The molecule has 4 heteroatoms. The van der Waals surface area contributed by atoms with Crippen molar-refractivity contribution in [2.45, 2.75) is 19.6 Å². The van der Waals surface area contributed by atoms with E-state index >= 15 is 0 Å². The Labute approximate surface area is 165 Å². The maximum absolute atomic E-state index is 5.91. The van der Waals surface area contributed by atoms with Crippen molar-refractivity contribution in [3.63, 3.8) is 0 Å². The van der Waals surface area contributed by atoms with Gasteiger partial charge >= 0.3 is 0 Å². The second kappa shape index (κ2) is 10.0. The SMILES string of the molecule is COc1cc(CNCCc2ccc(Cl)cc2)ccc1OCc1ccccc1. The summed E-state index contributed by atoms with van der Waals surface area (Å²) in [7, 11) is 1.67. The van der Waals surface area contributed by atoms with Crippen molar-refractivity contribution in [3.05, 3.63) is 94.5 Å². The van der Waals surface area contributed by atoms with E-state index in [9.17, 15) is 0 Å². The molecule has 0 aliphatic carbocycles. The third kappa shape index (κ3) is 6.02. The molecule has 0 heterocycles. The van der Waals surface area contributed by atoms with Crippen LogP contribution >= 0.6 is 11.6 Å². The number of benzene rings is 3. The van der Waals surface area contributed by atoms with E-state index in [4.69, 9.17) is 21.1 Å². The maximum atomic E-state index is 5.91. The van der Waals surface area contributed by atoms with Gasteiger partial charge in [0.25, 0.3) is 0 Å². The van der Waals surface area contributed by atoms with E-state index in [0.29, 0.717) is 6.61 Å². The van der Waals surface area contributed by atoms with Crippen LogP contribution in [0.25, 0.3) is 0 Å². The van der Waals surface area contributed by atoms with Crippen LogP contribution in [0, 0.1) is 0 Å². The molecule has 0 amide bonds. The smallest absolute Gasteiger partial charge is 0.161 e. The molecule has 0 bridgehead atoms. The molecule has 27 heavy (non-hydrogen) atoms. The standard InChI is InChI=1S/C23H24ClNO2/c1-26-23-15-20(16-25-14-13-18-7-10-21(24)11-8-18)9-12-22(23)27-17-19-5-3-2-4-6-19/h2-12,15,25H,13-14,16-17H2,1H3. The topological polar surface area (TPSA) is 30.5 Å². The van der Waals surface area contributed by atoms with Crippen molar-refractivity contribution in [3.8, 4) is 11.5 Å². The quantitative estimate of drug-likeness (QED) is 0.513. The largest absolute Gasteiger partial charge is 0.493 e. The van der Waals surface area contributed by atoms with Crippen LogP contribution in [-0.2, 0) is 19.6 Å². The summed E-state index contributed by atoms with van der Waals surface area (Å²) in [6.45, 7) is 2.20. The molecule has 3 aromatic carbocycles. The van der Waals surface area contributed by atoms with Crippen LogP contribution in [0.3, 0.4) is 0 Å². The van der Waals surface area contributed by atoms with Crippen molar-refractivity contribution in [2.75, 3.05) is 13.7 Å². The molecule has 0 radical (unpaired) electrons. The van der Waals surface area contributed by atoms with Gasteiger partial charge in [0.2, 0.25) is 0 Å². The van der Waals surface area contributed by atoms with E-state index in [1.54, 1.807) is 7.11 Å². The summed E-state index contributed by atoms with van der Waals surface area (Å²) in [5.41, 5.74) is 3.57. The highest BCUT2D eigenvalue weighted by Gasteiger charge is 2.06. The molecule has 1 N–H and O–H groups in total. The van der Waals surface area contributed by atoms with Crippen LogP contribution in [-0.4, -0.2) is 13.7 Å². The summed E-state index contributed by atoms with van der Waals surface area (Å²) >= 11 is 5.91. The zero-order valence-electron chi connectivity index (χ0n) is 15.5. The molecule has 0 unspecified atom stereocenters. The van der Waals surface area contributed by atoms with Crippen LogP contribution in [0.1, 0.15) is 16.7 Å². The van der Waals surface area contributed by atoms with Gasteiger partial charge in [-0.25, -0.2) is 0 Å². The van der Waals surface area contributed by atoms with Gasteiger partial charge in [-0.1, -0.05) is 60.1 Å². The summed E-state index contributed by atoms with van der Waals surface area (Å²) in [6.07, 6.45) is 0.965. The Morgan fingerprint density at radius 1 is 0.815 bits per heavy atom. The van der Waals surface area contributed by atoms with Crippen LogP contribution < -0.4 is 14.8 Å². The Morgan fingerprint density at radius 3 is 2.30 bits per heavy atom. The Hall–Kier alpha value is -2.49. The van der Waals surface area contributed by atoms with Gasteiger partial charge in [0, 0.05) is 11.6 Å². The predicted molar refractivity (Wildman–Crippen MR) is 111 cm³/mol. The molecule has 0 saturated carbocycles. The number of rotatable bonds is 9. The first-order valence-corrected chi connectivity index (χ1v) is 9.41. The molecule has 3 rings (SSSR count). The lowest BCUT2D eigenvalue weighted by molar-refractivity contribution is 0.284. The molecule has 0 fully saturated rings. The van der Waals surface area contributed by atoms with Gasteiger partial charge in [-0.15, -0.1) is 0 Å². The molecule has 0 aliphatic rings. The maximum Gasteiger partial charge on any atom is 0.161 e. The lowest BCUT2D eigenvalue weighted by Gasteiger charge is -2.13.